The Morgan fingerprint density at radius 3 is 2.67 bits per heavy atom. The number of hydrogen-bond acceptors (Lipinski definition) is 3. The maximum atomic E-state index is 10.7. The van der Waals surface area contributed by atoms with E-state index in [0.717, 1.165) is 0 Å². The van der Waals surface area contributed by atoms with Crippen molar-refractivity contribution in [1.82, 2.24) is 9.55 Å². The van der Waals surface area contributed by atoms with Gasteiger partial charge in [0.05, 0.1) is 6.33 Å². The highest BCUT2D eigenvalue weighted by Crippen LogP contribution is 2.14. The van der Waals surface area contributed by atoms with Crippen LogP contribution in [0.3, 0.4) is 0 Å². The van der Waals surface area contributed by atoms with Crippen LogP contribution in [0.25, 0.3) is 0 Å². The van der Waals surface area contributed by atoms with Gasteiger partial charge in [-0.3, -0.25) is 0 Å². The maximum Gasteiger partial charge on any atom is 0.356 e. The number of nitrogen functional groups attached to an aromatic ring is 1. The standard InChI is InChI=1S/C7H11N3O2/c1-4(2)10-3-9-6(8)5(10)7(11)12/h3-4H,8H2,1-2H3,(H,11,12). The zero-order chi connectivity index (χ0) is 9.30. The summed E-state index contributed by atoms with van der Waals surface area (Å²) in [4.78, 5) is 14.4. The first-order chi connectivity index (χ1) is 5.54. The van der Waals surface area contributed by atoms with Gasteiger partial charge in [0.1, 0.15) is 0 Å². The lowest BCUT2D eigenvalue weighted by molar-refractivity contribution is 0.0684. The van der Waals surface area contributed by atoms with Crippen LogP contribution in [0, 0.1) is 0 Å². The summed E-state index contributed by atoms with van der Waals surface area (Å²) in [6, 6.07) is 0.0564. The summed E-state index contributed by atoms with van der Waals surface area (Å²) in [5.41, 5.74) is 5.43. The van der Waals surface area contributed by atoms with Crippen molar-refractivity contribution in [3.05, 3.63) is 12.0 Å². The smallest absolute Gasteiger partial charge is 0.356 e. The number of hydrogen-bond donors (Lipinski definition) is 2. The molecule has 1 aromatic heterocycles. The quantitative estimate of drug-likeness (QED) is 0.684. The van der Waals surface area contributed by atoms with Crippen LogP contribution in [0.4, 0.5) is 5.82 Å². The van der Waals surface area contributed by atoms with Gasteiger partial charge >= 0.3 is 5.97 Å². The molecule has 5 heteroatoms. The molecule has 0 bridgehead atoms. The van der Waals surface area contributed by atoms with Crippen LogP contribution in [0.15, 0.2) is 6.33 Å². The first kappa shape index (κ1) is 8.58. The molecule has 1 heterocycles. The molecule has 3 N–H and O–H groups in total. The highest BCUT2D eigenvalue weighted by Gasteiger charge is 2.16. The Balaban J connectivity index is 3.21. The van der Waals surface area contributed by atoms with Crippen molar-refractivity contribution in [1.29, 1.82) is 0 Å². The van der Waals surface area contributed by atoms with E-state index in [9.17, 15) is 4.79 Å². The van der Waals surface area contributed by atoms with Gasteiger partial charge in [0.25, 0.3) is 0 Å². The molecule has 66 valence electrons. The predicted octanol–water partition coefficient (Wildman–Crippen LogP) is 0.744. The van der Waals surface area contributed by atoms with Crippen molar-refractivity contribution in [2.24, 2.45) is 0 Å². The van der Waals surface area contributed by atoms with Crippen LogP contribution < -0.4 is 5.73 Å². The van der Waals surface area contributed by atoms with E-state index in [1.807, 2.05) is 13.8 Å². The minimum absolute atomic E-state index is 0.0564. The summed E-state index contributed by atoms with van der Waals surface area (Å²) in [5, 5.41) is 8.74. The van der Waals surface area contributed by atoms with Crippen LogP contribution in [-0.2, 0) is 0 Å². The molecule has 0 atom stereocenters. The Kier molecular flexibility index (Phi) is 2.03. The minimum Gasteiger partial charge on any atom is -0.476 e. The molecule has 0 fully saturated rings. The fourth-order valence-corrected chi connectivity index (χ4v) is 0.987. The summed E-state index contributed by atoms with van der Waals surface area (Å²) in [6.07, 6.45) is 1.43. The molecule has 12 heavy (non-hydrogen) atoms. The summed E-state index contributed by atoms with van der Waals surface area (Å²) in [7, 11) is 0. The third kappa shape index (κ3) is 1.25. The van der Waals surface area contributed by atoms with Crippen molar-refractivity contribution < 1.29 is 9.90 Å². The maximum absolute atomic E-state index is 10.7. The van der Waals surface area contributed by atoms with E-state index >= 15 is 0 Å². The van der Waals surface area contributed by atoms with Gasteiger partial charge in [0, 0.05) is 6.04 Å². The number of aromatic nitrogens is 2. The molecule has 1 aromatic rings. The van der Waals surface area contributed by atoms with E-state index < -0.39 is 5.97 Å². The van der Waals surface area contributed by atoms with E-state index in [1.54, 1.807) is 0 Å². The fraction of sp³-hybridized carbons (Fsp3) is 0.429. The molecule has 0 unspecified atom stereocenters. The van der Waals surface area contributed by atoms with Crippen LogP contribution in [0.2, 0.25) is 0 Å². The topological polar surface area (TPSA) is 81.1 Å². The van der Waals surface area contributed by atoms with E-state index in [-0.39, 0.29) is 17.6 Å². The summed E-state index contributed by atoms with van der Waals surface area (Å²) < 4.78 is 1.53. The minimum atomic E-state index is -1.04. The summed E-state index contributed by atoms with van der Waals surface area (Å²) >= 11 is 0. The largest absolute Gasteiger partial charge is 0.476 e. The Morgan fingerprint density at radius 2 is 2.33 bits per heavy atom. The lowest BCUT2D eigenvalue weighted by atomic mass is 10.3. The number of aromatic carboxylic acids is 1. The van der Waals surface area contributed by atoms with E-state index in [0.29, 0.717) is 0 Å². The van der Waals surface area contributed by atoms with Crippen molar-refractivity contribution in [2.45, 2.75) is 19.9 Å². The number of carboxylic acids is 1. The van der Waals surface area contributed by atoms with Gasteiger partial charge in [-0.15, -0.1) is 0 Å². The molecular formula is C7H11N3O2. The van der Waals surface area contributed by atoms with Crippen molar-refractivity contribution in [3.63, 3.8) is 0 Å². The number of carbonyl (C=O) groups is 1. The van der Waals surface area contributed by atoms with Crippen LogP contribution in [0.5, 0.6) is 0 Å². The summed E-state index contributed by atoms with van der Waals surface area (Å²) in [6.45, 7) is 3.74. The Morgan fingerprint density at radius 1 is 1.75 bits per heavy atom. The first-order valence-electron chi connectivity index (χ1n) is 3.59. The lowest BCUT2D eigenvalue weighted by Gasteiger charge is -2.08. The van der Waals surface area contributed by atoms with Gasteiger partial charge in [-0.1, -0.05) is 0 Å². The predicted molar refractivity (Wildman–Crippen MR) is 44.0 cm³/mol. The number of imidazole rings is 1. The third-order valence-corrected chi connectivity index (χ3v) is 1.58. The van der Waals surface area contributed by atoms with Gasteiger partial charge in [-0.05, 0) is 13.8 Å². The Bertz CT molecular complexity index is 304. The highest BCUT2D eigenvalue weighted by molar-refractivity contribution is 5.90. The molecule has 0 aliphatic rings. The zero-order valence-electron chi connectivity index (χ0n) is 6.98. The molecule has 0 saturated carbocycles. The van der Waals surface area contributed by atoms with Crippen LogP contribution in [0.1, 0.15) is 30.4 Å². The molecule has 1 rings (SSSR count). The number of anilines is 1. The molecule has 0 amide bonds. The molecular weight excluding hydrogens is 158 g/mol. The average Bonchev–Trinajstić information content (AvgIpc) is 2.30. The third-order valence-electron chi connectivity index (χ3n) is 1.58. The van der Waals surface area contributed by atoms with Crippen LogP contribution >= 0.6 is 0 Å². The van der Waals surface area contributed by atoms with Gasteiger partial charge < -0.3 is 15.4 Å². The lowest BCUT2D eigenvalue weighted by Crippen LogP contribution is -2.11. The molecule has 5 nitrogen and oxygen atoms in total. The second kappa shape index (κ2) is 2.84. The number of carboxylic acid groups (broad SMARTS) is 1. The van der Waals surface area contributed by atoms with Gasteiger partial charge in [-0.25, -0.2) is 9.78 Å². The summed E-state index contributed by atoms with van der Waals surface area (Å²) in [5.74, 6) is -0.977. The Labute approximate surface area is 69.8 Å². The average molecular weight is 169 g/mol. The van der Waals surface area contributed by atoms with Crippen molar-refractivity contribution >= 4 is 11.8 Å². The van der Waals surface area contributed by atoms with E-state index in [4.69, 9.17) is 10.8 Å². The van der Waals surface area contributed by atoms with Gasteiger partial charge in [0.2, 0.25) is 0 Å². The zero-order valence-corrected chi connectivity index (χ0v) is 6.98. The van der Waals surface area contributed by atoms with E-state index in [1.165, 1.54) is 10.9 Å². The second-order valence-electron chi connectivity index (χ2n) is 2.78. The Hall–Kier alpha value is -1.52. The molecule has 0 aromatic carbocycles. The van der Waals surface area contributed by atoms with Crippen molar-refractivity contribution in [2.75, 3.05) is 5.73 Å². The van der Waals surface area contributed by atoms with Gasteiger partial charge in [0.15, 0.2) is 11.5 Å². The molecule has 0 spiro atoms. The number of nitrogens with two attached hydrogens (primary N) is 1. The fourth-order valence-electron chi connectivity index (χ4n) is 0.987. The molecule has 0 radical (unpaired) electrons. The normalized spacial score (nSPS) is 10.6. The van der Waals surface area contributed by atoms with Crippen LogP contribution in [-0.4, -0.2) is 20.6 Å². The van der Waals surface area contributed by atoms with E-state index in [2.05, 4.69) is 4.98 Å². The van der Waals surface area contributed by atoms with Crippen molar-refractivity contribution in [3.8, 4) is 0 Å². The monoisotopic (exact) mass is 169 g/mol. The SMILES string of the molecule is CC(C)n1cnc(N)c1C(=O)O. The molecule has 0 aliphatic heterocycles. The highest BCUT2D eigenvalue weighted by atomic mass is 16.4. The second-order valence-corrected chi connectivity index (χ2v) is 2.78. The first-order valence-corrected chi connectivity index (χ1v) is 3.59. The van der Waals surface area contributed by atoms with Gasteiger partial charge in [-0.2, -0.15) is 0 Å². The number of nitrogens with zero attached hydrogens (tertiary/aromatic N) is 2. The molecule has 0 aliphatic carbocycles. The molecule has 0 saturated heterocycles. The number of rotatable bonds is 2.